The van der Waals surface area contributed by atoms with Crippen LogP contribution in [0, 0.1) is 17.6 Å². The number of oxime groups is 1. The van der Waals surface area contributed by atoms with Gasteiger partial charge in [-0.1, -0.05) is 41.6 Å². The van der Waals surface area contributed by atoms with E-state index in [1.165, 1.54) is 24.3 Å². The third-order valence-electron chi connectivity index (χ3n) is 6.14. The Bertz CT molecular complexity index is 1150. The van der Waals surface area contributed by atoms with Gasteiger partial charge in [0.15, 0.2) is 12.7 Å². The summed E-state index contributed by atoms with van der Waals surface area (Å²) in [6.45, 7) is 1.56. The highest BCUT2D eigenvalue weighted by Gasteiger charge is 2.23. The van der Waals surface area contributed by atoms with Crippen molar-refractivity contribution in [3.05, 3.63) is 101 Å². The van der Waals surface area contributed by atoms with Gasteiger partial charge in [-0.25, -0.2) is 13.6 Å². The predicted molar refractivity (Wildman–Crippen MR) is 129 cm³/mol. The molecule has 0 radical (unpaired) electrons. The fourth-order valence-corrected chi connectivity index (χ4v) is 4.48. The summed E-state index contributed by atoms with van der Waals surface area (Å²) in [4.78, 5) is 16.8. The molecule has 4 rings (SSSR count). The van der Waals surface area contributed by atoms with Crippen molar-refractivity contribution in [3.63, 3.8) is 0 Å². The fraction of sp³-hybridized carbons (Fsp3) is 0.286. The number of carboxylic acid groups (broad SMARTS) is 1. The van der Waals surface area contributed by atoms with Crippen molar-refractivity contribution in [1.29, 1.82) is 0 Å². The number of aliphatic carboxylic acids is 1. The maximum Gasteiger partial charge on any atom is 0.341 e. The molecule has 0 heterocycles. The molecule has 3 aromatic carbocycles. The molecule has 7 heteroatoms. The second-order valence-corrected chi connectivity index (χ2v) is 8.80. The zero-order chi connectivity index (χ0) is 24.8. The van der Waals surface area contributed by atoms with Crippen molar-refractivity contribution in [2.24, 2.45) is 11.1 Å². The van der Waals surface area contributed by atoms with Crippen LogP contribution in [0.3, 0.4) is 0 Å². The molecule has 35 heavy (non-hydrogen) atoms. The first kappa shape index (κ1) is 24.4. The van der Waals surface area contributed by atoms with Gasteiger partial charge in [-0.15, -0.1) is 0 Å². The maximum atomic E-state index is 13.4. The van der Waals surface area contributed by atoms with Gasteiger partial charge in [-0.05, 0) is 91.1 Å². The molecular weight excluding hydrogens is 452 g/mol. The number of hydrogen-bond acceptors (Lipinski definition) is 4. The Balaban J connectivity index is 1.44. The summed E-state index contributed by atoms with van der Waals surface area (Å²) in [5, 5.41) is 13.3. The lowest BCUT2D eigenvalue weighted by Gasteiger charge is -2.26. The molecule has 182 valence electrons. The lowest BCUT2D eigenvalue weighted by Crippen LogP contribution is -2.19. The largest absolute Gasteiger partial charge is 0.482 e. The molecule has 1 unspecified atom stereocenters. The van der Waals surface area contributed by atoms with Gasteiger partial charge in [0.25, 0.3) is 0 Å². The second-order valence-electron chi connectivity index (χ2n) is 8.80. The number of hydrogen-bond donors (Lipinski definition) is 1. The molecule has 1 aliphatic rings. The van der Waals surface area contributed by atoms with Crippen molar-refractivity contribution >= 4 is 11.7 Å². The number of benzene rings is 3. The summed E-state index contributed by atoms with van der Waals surface area (Å²) >= 11 is 0. The van der Waals surface area contributed by atoms with E-state index in [-0.39, 0.29) is 18.2 Å². The lowest BCUT2D eigenvalue weighted by molar-refractivity contribution is -0.139. The monoisotopic (exact) mass is 479 g/mol. The van der Waals surface area contributed by atoms with Crippen molar-refractivity contribution in [2.45, 2.75) is 38.7 Å². The summed E-state index contributed by atoms with van der Waals surface area (Å²) in [6, 6.07) is 17.7. The van der Waals surface area contributed by atoms with Crippen molar-refractivity contribution < 1.29 is 28.3 Å². The Morgan fingerprint density at radius 2 is 1.66 bits per heavy atom. The average Bonchev–Trinajstić information content (AvgIpc) is 2.84. The first-order valence-electron chi connectivity index (χ1n) is 11.5. The highest BCUT2D eigenvalue weighted by Crippen LogP contribution is 2.34. The molecule has 0 amide bonds. The first-order valence-corrected chi connectivity index (χ1v) is 11.5. The van der Waals surface area contributed by atoms with Crippen LogP contribution >= 0.6 is 0 Å². The van der Waals surface area contributed by atoms with Crippen LogP contribution < -0.4 is 4.74 Å². The minimum absolute atomic E-state index is 0.347. The average molecular weight is 480 g/mol. The molecule has 0 saturated carbocycles. The number of carboxylic acids is 1. The van der Waals surface area contributed by atoms with Gasteiger partial charge in [0.05, 0.1) is 5.71 Å². The number of carbonyl (C=O) groups is 1. The SMILES string of the molecule is CC(CC1CCc2c(cccc2OCC(=O)O)C1)=NOC(c1ccc(F)cc1)c1ccc(F)cc1. The normalized spacial score (nSPS) is 15.5. The van der Waals surface area contributed by atoms with Gasteiger partial charge in [0.1, 0.15) is 17.4 Å². The van der Waals surface area contributed by atoms with Crippen LogP contribution in [0.25, 0.3) is 0 Å². The molecule has 1 aliphatic carbocycles. The minimum Gasteiger partial charge on any atom is -0.482 e. The predicted octanol–water partition coefficient (Wildman–Crippen LogP) is 6.11. The summed E-state index contributed by atoms with van der Waals surface area (Å²) in [5.41, 5.74) is 4.49. The Labute approximate surface area is 203 Å². The van der Waals surface area contributed by atoms with Crippen molar-refractivity contribution in [3.8, 4) is 5.75 Å². The van der Waals surface area contributed by atoms with Crippen LogP contribution in [0.4, 0.5) is 8.78 Å². The van der Waals surface area contributed by atoms with E-state index in [4.69, 9.17) is 14.7 Å². The van der Waals surface area contributed by atoms with E-state index < -0.39 is 12.1 Å². The van der Waals surface area contributed by atoms with E-state index in [0.717, 1.165) is 53.6 Å². The molecule has 0 aliphatic heterocycles. The Kier molecular flexibility index (Phi) is 7.75. The van der Waals surface area contributed by atoms with Gasteiger partial charge < -0.3 is 14.7 Å². The first-order chi connectivity index (χ1) is 16.9. The van der Waals surface area contributed by atoms with Gasteiger partial charge in [-0.3, -0.25) is 0 Å². The van der Waals surface area contributed by atoms with Crippen LogP contribution in [0.15, 0.2) is 71.9 Å². The Hall–Kier alpha value is -3.74. The molecule has 3 aromatic rings. The summed E-state index contributed by atoms with van der Waals surface area (Å²) in [7, 11) is 0. The van der Waals surface area contributed by atoms with E-state index in [1.807, 2.05) is 19.1 Å². The third-order valence-corrected chi connectivity index (χ3v) is 6.14. The molecular formula is C28H27F2NO4. The van der Waals surface area contributed by atoms with Crippen LogP contribution in [-0.4, -0.2) is 23.4 Å². The Morgan fingerprint density at radius 1 is 1.03 bits per heavy atom. The molecule has 1 N–H and O–H groups in total. The van der Waals surface area contributed by atoms with Gasteiger partial charge in [-0.2, -0.15) is 0 Å². The van der Waals surface area contributed by atoms with Crippen LogP contribution in [0.2, 0.25) is 0 Å². The molecule has 0 saturated heterocycles. The van der Waals surface area contributed by atoms with Gasteiger partial charge in [0.2, 0.25) is 0 Å². The maximum absolute atomic E-state index is 13.4. The van der Waals surface area contributed by atoms with E-state index in [9.17, 15) is 13.6 Å². The van der Waals surface area contributed by atoms with E-state index in [2.05, 4.69) is 11.2 Å². The highest BCUT2D eigenvalue weighted by molar-refractivity contribution is 5.81. The number of ether oxygens (including phenoxy) is 1. The molecule has 1 atom stereocenters. The number of nitrogens with zero attached hydrogens (tertiary/aromatic N) is 1. The number of fused-ring (bicyclic) bond motifs is 1. The smallest absolute Gasteiger partial charge is 0.341 e. The van der Waals surface area contributed by atoms with Crippen LogP contribution in [0.5, 0.6) is 5.75 Å². The molecule has 0 spiro atoms. The topological polar surface area (TPSA) is 68.1 Å². The molecule has 0 fully saturated rings. The van der Waals surface area contributed by atoms with E-state index in [0.29, 0.717) is 11.7 Å². The molecule has 0 aromatic heterocycles. The summed E-state index contributed by atoms with van der Waals surface area (Å²) < 4.78 is 32.3. The Morgan fingerprint density at radius 3 is 2.26 bits per heavy atom. The minimum atomic E-state index is -0.997. The number of halogens is 2. The summed E-state index contributed by atoms with van der Waals surface area (Å²) in [6.07, 6.45) is 2.71. The van der Waals surface area contributed by atoms with E-state index in [1.54, 1.807) is 24.3 Å². The fourth-order valence-electron chi connectivity index (χ4n) is 4.48. The second kappa shape index (κ2) is 11.1. The van der Waals surface area contributed by atoms with Crippen LogP contribution in [0.1, 0.15) is 48.1 Å². The van der Waals surface area contributed by atoms with Gasteiger partial charge in [0, 0.05) is 0 Å². The molecule has 5 nitrogen and oxygen atoms in total. The van der Waals surface area contributed by atoms with E-state index >= 15 is 0 Å². The third kappa shape index (κ3) is 6.44. The van der Waals surface area contributed by atoms with Gasteiger partial charge >= 0.3 is 5.97 Å². The standard InChI is InChI=1S/C28H27F2NO4/c1-18(15-19-5-14-25-22(16-19)3-2-4-26(25)34-17-27(32)33)31-35-28(20-6-10-23(29)11-7-20)21-8-12-24(30)13-9-21/h2-4,6-13,19,28H,5,14-17H2,1H3,(H,32,33). The quantitative estimate of drug-likeness (QED) is 0.297. The van der Waals surface area contributed by atoms with Crippen molar-refractivity contribution in [2.75, 3.05) is 6.61 Å². The summed E-state index contributed by atoms with van der Waals surface area (Å²) in [5.74, 6) is -0.693. The lowest BCUT2D eigenvalue weighted by atomic mass is 9.81. The highest BCUT2D eigenvalue weighted by atomic mass is 19.1. The zero-order valence-electron chi connectivity index (χ0n) is 19.4. The van der Waals surface area contributed by atoms with Crippen LogP contribution in [-0.2, 0) is 22.5 Å². The molecule has 0 bridgehead atoms. The zero-order valence-corrected chi connectivity index (χ0v) is 19.4. The van der Waals surface area contributed by atoms with Crippen molar-refractivity contribution in [1.82, 2.24) is 0 Å². The number of rotatable bonds is 9.